The number of hydrogen-bond acceptors (Lipinski definition) is 1. The summed E-state index contributed by atoms with van der Waals surface area (Å²) in [4.78, 5) is 1.88. The molecule has 0 aliphatic carbocycles. The summed E-state index contributed by atoms with van der Waals surface area (Å²) in [5.41, 5.74) is 2.24. The number of nitrogens with zero attached hydrogens (tertiary/aromatic N) is 2. The first-order chi connectivity index (χ1) is 11.4. The van der Waals surface area contributed by atoms with Crippen LogP contribution >= 0.6 is 0 Å². The predicted molar refractivity (Wildman–Crippen MR) is 89.5 cm³/mol. The summed E-state index contributed by atoms with van der Waals surface area (Å²) < 4.78 is 37.9. The van der Waals surface area contributed by atoms with Gasteiger partial charge in [0, 0.05) is 31.0 Å². The van der Waals surface area contributed by atoms with Crippen molar-refractivity contribution in [1.29, 1.82) is 0 Å². The molecule has 0 aromatic heterocycles. The van der Waals surface area contributed by atoms with Gasteiger partial charge in [-0.1, -0.05) is 18.6 Å². The maximum Gasteiger partial charge on any atom is 0.416 e. The van der Waals surface area contributed by atoms with Crippen LogP contribution in [0, 0.1) is 0 Å². The van der Waals surface area contributed by atoms with Gasteiger partial charge in [-0.3, -0.25) is 0 Å². The van der Waals surface area contributed by atoms with Crippen LogP contribution in [0.25, 0.3) is 0 Å². The highest BCUT2D eigenvalue weighted by atomic mass is 19.4. The molecule has 2 nitrogen and oxygen atoms in total. The van der Waals surface area contributed by atoms with Crippen molar-refractivity contribution in [1.82, 2.24) is 5.32 Å². The lowest BCUT2D eigenvalue weighted by atomic mass is 9.97. The molecule has 1 radical (unpaired) electrons. The summed E-state index contributed by atoms with van der Waals surface area (Å²) in [6.45, 7) is 0.928. The molecule has 1 atom stereocenters. The van der Waals surface area contributed by atoms with Gasteiger partial charge in [-0.2, -0.15) is 13.2 Å². The first-order valence-corrected chi connectivity index (χ1v) is 8.13. The van der Waals surface area contributed by atoms with Gasteiger partial charge in [-0.15, -0.1) is 0 Å². The second kappa shape index (κ2) is 6.85. The van der Waals surface area contributed by atoms with Gasteiger partial charge < -0.3 is 4.90 Å². The Hall–Kier alpha value is -2.01. The van der Waals surface area contributed by atoms with Crippen LogP contribution in [0.3, 0.4) is 0 Å². The molecule has 0 bridgehead atoms. The molecule has 1 fully saturated rings. The van der Waals surface area contributed by atoms with Crippen molar-refractivity contribution in [3.05, 3.63) is 59.7 Å². The van der Waals surface area contributed by atoms with Crippen molar-refractivity contribution in [3.8, 4) is 0 Å². The number of benzene rings is 2. The van der Waals surface area contributed by atoms with Gasteiger partial charge in [0.1, 0.15) is 0 Å². The number of piperidine rings is 1. The van der Waals surface area contributed by atoms with E-state index in [1.807, 2.05) is 24.1 Å². The number of hydrogen-bond donors (Lipinski definition) is 0. The molecular formula is C19H20F3N2. The fourth-order valence-corrected chi connectivity index (χ4v) is 3.00. The second-order valence-corrected chi connectivity index (χ2v) is 6.11. The average Bonchev–Trinajstić information content (AvgIpc) is 2.61. The monoisotopic (exact) mass is 333 g/mol. The molecule has 5 heteroatoms. The molecule has 1 aliphatic heterocycles. The molecule has 3 rings (SSSR count). The zero-order valence-corrected chi connectivity index (χ0v) is 13.6. The Labute approximate surface area is 140 Å². The third-order valence-corrected chi connectivity index (χ3v) is 4.48. The van der Waals surface area contributed by atoms with E-state index in [9.17, 15) is 13.2 Å². The van der Waals surface area contributed by atoms with Crippen LogP contribution in [0.15, 0.2) is 48.5 Å². The van der Waals surface area contributed by atoms with Gasteiger partial charge in [-0.25, -0.2) is 5.32 Å². The molecule has 0 N–H and O–H groups in total. The van der Waals surface area contributed by atoms with Gasteiger partial charge in [0.25, 0.3) is 0 Å². The molecular weight excluding hydrogens is 313 g/mol. The topological polar surface area (TPSA) is 17.3 Å². The molecule has 1 unspecified atom stereocenters. The zero-order chi connectivity index (χ0) is 17.2. The Morgan fingerprint density at radius 2 is 1.50 bits per heavy atom. The summed E-state index contributed by atoms with van der Waals surface area (Å²) in [5.74, 6) is 0. The molecule has 0 amide bonds. The van der Waals surface area contributed by atoms with Crippen molar-refractivity contribution in [2.75, 3.05) is 18.5 Å². The first-order valence-electron chi connectivity index (χ1n) is 8.13. The van der Waals surface area contributed by atoms with Crippen molar-refractivity contribution in [2.24, 2.45) is 0 Å². The van der Waals surface area contributed by atoms with Crippen LogP contribution in [0.5, 0.6) is 0 Å². The molecule has 1 heterocycles. The number of alkyl halides is 3. The molecule has 2 aromatic rings. The van der Waals surface area contributed by atoms with Crippen LogP contribution in [0.1, 0.15) is 36.4 Å². The summed E-state index contributed by atoms with van der Waals surface area (Å²) in [5, 5.41) is 4.64. The highest BCUT2D eigenvalue weighted by Crippen LogP contribution is 2.32. The minimum atomic E-state index is -4.30. The molecule has 0 spiro atoms. The lowest BCUT2D eigenvalue weighted by molar-refractivity contribution is -0.137. The van der Waals surface area contributed by atoms with Crippen molar-refractivity contribution in [3.63, 3.8) is 0 Å². The van der Waals surface area contributed by atoms with E-state index in [0.717, 1.165) is 36.5 Å². The lowest BCUT2D eigenvalue weighted by Crippen LogP contribution is -2.20. The summed E-state index contributed by atoms with van der Waals surface area (Å²) in [6.07, 6.45) is -0.830. The summed E-state index contributed by atoms with van der Waals surface area (Å²) in [7, 11) is 1.85. The minimum absolute atomic E-state index is 0.282. The Balaban J connectivity index is 1.73. The first kappa shape index (κ1) is 16.8. The standard InChI is InChI=1S/C19H20F3N2/c1-24(17-11-7-15(8-12-17)19(20,21)22)16-9-5-14(6-10-16)18-4-2-3-13-23-18/h5-12,18H,2-4,13H2,1H3. The van der Waals surface area contributed by atoms with Gasteiger partial charge in [-0.05, 0) is 54.8 Å². The van der Waals surface area contributed by atoms with E-state index in [1.165, 1.54) is 30.5 Å². The van der Waals surface area contributed by atoms with E-state index < -0.39 is 11.7 Å². The smallest absolute Gasteiger partial charge is 0.345 e. The Morgan fingerprint density at radius 1 is 0.917 bits per heavy atom. The number of halogens is 3. The third-order valence-electron chi connectivity index (χ3n) is 4.48. The van der Waals surface area contributed by atoms with Crippen LogP contribution in [-0.2, 0) is 6.18 Å². The molecule has 24 heavy (non-hydrogen) atoms. The predicted octanol–water partition coefficient (Wildman–Crippen LogP) is 5.30. The van der Waals surface area contributed by atoms with Crippen LogP contribution < -0.4 is 10.2 Å². The zero-order valence-electron chi connectivity index (χ0n) is 13.6. The number of anilines is 2. The fraction of sp³-hybridized carbons (Fsp3) is 0.368. The Kier molecular flexibility index (Phi) is 4.81. The lowest BCUT2D eigenvalue weighted by Gasteiger charge is -2.24. The minimum Gasteiger partial charge on any atom is -0.345 e. The highest BCUT2D eigenvalue weighted by molar-refractivity contribution is 5.63. The quantitative estimate of drug-likeness (QED) is 0.745. The molecule has 2 aromatic carbocycles. The third kappa shape index (κ3) is 3.73. The van der Waals surface area contributed by atoms with Crippen molar-refractivity contribution >= 4 is 11.4 Å². The Bertz CT molecular complexity index is 657. The van der Waals surface area contributed by atoms with E-state index >= 15 is 0 Å². The van der Waals surface area contributed by atoms with Gasteiger partial charge in [0.2, 0.25) is 0 Å². The van der Waals surface area contributed by atoms with Gasteiger partial charge >= 0.3 is 6.18 Å². The highest BCUT2D eigenvalue weighted by Gasteiger charge is 2.30. The van der Waals surface area contributed by atoms with Crippen molar-refractivity contribution < 1.29 is 13.2 Å². The van der Waals surface area contributed by atoms with Gasteiger partial charge in [0.15, 0.2) is 0 Å². The summed E-state index contributed by atoms with van der Waals surface area (Å²) >= 11 is 0. The van der Waals surface area contributed by atoms with E-state index in [-0.39, 0.29) is 6.04 Å². The van der Waals surface area contributed by atoms with Crippen LogP contribution in [0.4, 0.5) is 24.5 Å². The summed E-state index contributed by atoms with van der Waals surface area (Å²) in [6, 6.07) is 13.6. The number of rotatable bonds is 3. The SMILES string of the molecule is CN(c1ccc(C2CCCC[N]2)cc1)c1ccc(C(F)(F)F)cc1. The van der Waals surface area contributed by atoms with Gasteiger partial charge in [0.05, 0.1) is 5.56 Å². The normalized spacial score (nSPS) is 18.4. The molecule has 1 aliphatic rings. The van der Waals surface area contributed by atoms with E-state index in [2.05, 4.69) is 17.4 Å². The average molecular weight is 333 g/mol. The van der Waals surface area contributed by atoms with Crippen LogP contribution in [-0.4, -0.2) is 13.6 Å². The molecule has 1 saturated heterocycles. The van der Waals surface area contributed by atoms with Crippen molar-refractivity contribution in [2.45, 2.75) is 31.5 Å². The largest absolute Gasteiger partial charge is 0.416 e. The second-order valence-electron chi connectivity index (χ2n) is 6.11. The van der Waals surface area contributed by atoms with E-state index in [4.69, 9.17) is 0 Å². The van der Waals surface area contributed by atoms with E-state index in [1.54, 1.807) is 0 Å². The maximum atomic E-state index is 12.6. The van der Waals surface area contributed by atoms with E-state index in [0.29, 0.717) is 0 Å². The molecule has 0 saturated carbocycles. The maximum absolute atomic E-state index is 12.6. The van der Waals surface area contributed by atoms with Crippen LogP contribution in [0.2, 0.25) is 0 Å². The molecule has 127 valence electrons. The fourth-order valence-electron chi connectivity index (χ4n) is 3.00. The Morgan fingerprint density at radius 3 is 2.00 bits per heavy atom.